The first-order chi connectivity index (χ1) is 11.6. The van der Waals surface area contributed by atoms with Gasteiger partial charge >= 0.3 is 54.1 Å². The van der Waals surface area contributed by atoms with Crippen molar-refractivity contribution in [2.45, 2.75) is 33.1 Å². The third-order valence-electron chi connectivity index (χ3n) is 4.70. The van der Waals surface area contributed by atoms with Gasteiger partial charge in [-0.25, -0.2) is 0 Å². The Balaban J connectivity index is 0.000000246. The van der Waals surface area contributed by atoms with Gasteiger partial charge in [-0.05, 0) is 12.3 Å². The Morgan fingerprint density at radius 1 is 1.04 bits per heavy atom. The van der Waals surface area contributed by atoms with E-state index in [1.165, 1.54) is 27.8 Å². The maximum Gasteiger partial charge on any atom is -0.00217 e. The van der Waals surface area contributed by atoms with Crippen molar-refractivity contribution in [3.8, 4) is 11.1 Å². The predicted molar refractivity (Wildman–Crippen MR) is 100 cm³/mol. The van der Waals surface area contributed by atoms with Crippen molar-refractivity contribution >= 4 is 3.21 Å². The van der Waals surface area contributed by atoms with Gasteiger partial charge in [0.2, 0.25) is 0 Å². The standard InChI is InChI=1S/C18H13.C5H10.Zr/c1-2-6-13(5-1)14-9-10-18-16(11-14)12-15-7-3-4-8-17(15)18;1-4-5(2)3;/h1-10,13H,12H2;5H,1-3H3;/q-1;;. The summed E-state index contributed by atoms with van der Waals surface area (Å²) in [4.78, 5) is 0. The summed E-state index contributed by atoms with van der Waals surface area (Å²) in [6, 6.07) is 16.7. The topological polar surface area (TPSA) is 0 Å². The average molecular weight is 391 g/mol. The maximum atomic E-state index is 3.61. The van der Waals surface area contributed by atoms with Crippen LogP contribution < -0.4 is 0 Å². The number of hydrogen-bond donors (Lipinski definition) is 0. The Hall–Kier alpha value is -1.33. The van der Waals surface area contributed by atoms with Crippen LogP contribution in [0.1, 0.15) is 43.4 Å². The van der Waals surface area contributed by atoms with Crippen LogP contribution >= 0.6 is 0 Å². The summed E-state index contributed by atoms with van der Waals surface area (Å²) in [5.74, 6) is 1.22. The fraction of sp³-hybridized carbons (Fsp3) is 0.261. The molecule has 2 aliphatic carbocycles. The third kappa shape index (κ3) is 3.84. The van der Waals surface area contributed by atoms with Crippen LogP contribution in [0.3, 0.4) is 0 Å². The smallest absolute Gasteiger partial charge is 0.00217 e. The Bertz CT molecular complexity index is 797. The molecule has 0 unspecified atom stereocenters. The normalized spacial score (nSPS) is 14.3. The van der Waals surface area contributed by atoms with Crippen LogP contribution in [0.5, 0.6) is 0 Å². The molecule has 24 heavy (non-hydrogen) atoms. The van der Waals surface area contributed by atoms with Gasteiger partial charge in [0.1, 0.15) is 0 Å². The van der Waals surface area contributed by atoms with Crippen molar-refractivity contribution < 1.29 is 24.2 Å². The summed E-state index contributed by atoms with van der Waals surface area (Å²) in [5.41, 5.74) is 6.81. The maximum absolute atomic E-state index is 3.61. The molecule has 0 aliphatic heterocycles. The second-order valence-corrected chi connectivity index (χ2v) is 8.71. The molecule has 0 bridgehead atoms. The Morgan fingerprint density at radius 3 is 2.38 bits per heavy atom. The van der Waals surface area contributed by atoms with Crippen molar-refractivity contribution in [3.63, 3.8) is 0 Å². The fourth-order valence-electron chi connectivity index (χ4n) is 2.91. The van der Waals surface area contributed by atoms with Gasteiger partial charge in [0.05, 0.1) is 0 Å². The molecule has 0 heterocycles. The van der Waals surface area contributed by atoms with E-state index >= 15 is 0 Å². The summed E-state index contributed by atoms with van der Waals surface area (Å²) >= 11 is 1.58. The second kappa shape index (κ2) is 7.70. The van der Waals surface area contributed by atoms with Crippen molar-refractivity contribution in [3.05, 3.63) is 83.5 Å². The molecule has 120 valence electrons. The number of benzene rings is 2. The summed E-state index contributed by atoms with van der Waals surface area (Å²) in [5, 5.41) is 0. The molecular weight excluding hydrogens is 367 g/mol. The molecule has 1 heteroatoms. The zero-order valence-electron chi connectivity index (χ0n) is 14.6. The van der Waals surface area contributed by atoms with Crippen molar-refractivity contribution in [1.29, 1.82) is 0 Å². The summed E-state index contributed by atoms with van der Waals surface area (Å²) < 4.78 is 1.60. The van der Waals surface area contributed by atoms with Crippen LogP contribution in [0.25, 0.3) is 11.1 Å². The molecule has 2 aromatic carbocycles. The molecule has 0 aromatic heterocycles. The molecule has 0 saturated carbocycles. The van der Waals surface area contributed by atoms with Gasteiger partial charge in [-0.2, -0.15) is 23.8 Å². The van der Waals surface area contributed by atoms with Crippen LogP contribution in [-0.4, -0.2) is 3.21 Å². The fourth-order valence-corrected chi connectivity index (χ4v) is 2.91. The van der Waals surface area contributed by atoms with E-state index in [0.717, 1.165) is 12.3 Å². The zero-order valence-corrected chi connectivity index (χ0v) is 17.1. The molecule has 0 amide bonds. The van der Waals surface area contributed by atoms with E-state index in [2.05, 4.69) is 87.5 Å². The molecule has 0 radical (unpaired) electrons. The molecule has 0 N–H and O–H groups in total. The van der Waals surface area contributed by atoms with Crippen LogP contribution in [0.15, 0.2) is 60.7 Å². The van der Waals surface area contributed by atoms with Gasteiger partial charge in [0.25, 0.3) is 0 Å². The second-order valence-electron chi connectivity index (χ2n) is 6.77. The van der Waals surface area contributed by atoms with Crippen molar-refractivity contribution in [1.82, 2.24) is 0 Å². The Kier molecular flexibility index (Phi) is 5.62. The van der Waals surface area contributed by atoms with Gasteiger partial charge in [0, 0.05) is 0 Å². The van der Waals surface area contributed by atoms with E-state index in [-0.39, 0.29) is 0 Å². The minimum Gasteiger partial charge on any atom is -0.175 e. The van der Waals surface area contributed by atoms with Crippen LogP contribution in [0, 0.1) is 12.0 Å². The quantitative estimate of drug-likeness (QED) is 0.496. The molecule has 0 nitrogen and oxygen atoms in total. The first-order valence-corrected chi connectivity index (χ1v) is 9.82. The first kappa shape index (κ1) is 17.5. The number of rotatable bonds is 2. The molecule has 0 spiro atoms. The largest absolute Gasteiger partial charge is 0.175 e. The van der Waals surface area contributed by atoms with Crippen LogP contribution in [-0.2, 0) is 30.7 Å². The molecule has 2 aromatic rings. The third-order valence-corrected chi connectivity index (χ3v) is 6.12. The Morgan fingerprint density at radius 2 is 1.71 bits per heavy atom. The average Bonchev–Trinajstić information content (AvgIpc) is 3.22. The molecule has 0 atom stereocenters. The molecule has 4 rings (SSSR count). The predicted octanol–water partition coefficient (Wildman–Crippen LogP) is 5.65. The molecule has 0 saturated heterocycles. The first-order valence-electron chi connectivity index (χ1n) is 8.59. The van der Waals surface area contributed by atoms with E-state index in [0.29, 0.717) is 5.92 Å². The Labute approximate surface area is 160 Å². The van der Waals surface area contributed by atoms with Gasteiger partial charge in [0.15, 0.2) is 0 Å². The zero-order chi connectivity index (χ0) is 17.1. The number of hydrogen-bond acceptors (Lipinski definition) is 0. The van der Waals surface area contributed by atoms with Gasteiger partial charge in [-0.3, -0.25) is 0 Å². The molecular formula is C23H23Zr-. The van der Waals surface area contributed by atoms with Gasteiger partial charge in [-0.15, -0.1) is 11.1 Å². The molecule has 2 aliphatic rings. The number of allylic oxidation sites excluding steroid dienone is 4. The summed E-state index contributed by atoms with van der Waals surface area (Å²) in [7, 11) is 0. The van der Waals surface area contributed by atoms with E-state index in [9.17, 15) is 0 Å². The van der Waals surface area contributed by atoms with Crippen molar-refractivity contribution in [2.75, 3.05) is 0 Å². The van der Waals surface area contributed by atoms with Gasteiger partial charge < -0.3 is 0 Å². The SMILES string of the molecule is C[C](=[Zr])C(C)C.[c-]1c(C2C=CC=C2)ccc2c1Cc1ccccc1-2. The van der Waals surface area contributed by atoms with Crippen LogP contribution in [0.4, 0.5) is 0 Å². The van der Waals surface area contributed by atoms with Crippen molar-refractivity contribution in [2.24, 2.45) is 5.92 Å². The minimum atomic E-state index is 0.416. The minimum absolute atomic E-state index is 0.416. The van der Waals surface area contributed by atoms with E-state index in [1.54, 1.807) is 27.4 Å². The molecule has 0 fully saturated rings. The van der Waals surface area contributed by atoms with E-state index < -0.39 is 0 Å². The number of fused-ring (bicyclic) bond motifs is 3. The summed E-state index contributed by atoms with van der Waals surface area (Å²) in [6.07, 6.45) is 9.70. The van der Waals surface area contributed by atoms with E-state index in [4.69, 9.17) is 0 Å². The van der Waals surface area contributed by atoms with Gasteiger partial charge in [-0.1, -0.05) is 59.7 Å². The summed E-state index contributed by atoms with van der Waals surface area (Å²) in [6.45, 7) is 6.65. The van der Waals surface area contributed by atoms with Crippen LogP contribution in [0.2, 0.25) is 0 Å². The monoisotopic (exact) mass is 389 g/mol. The van der Waals surface area contributed by atoms with E-state index in [1.807, 2.05) is 0 Å².